The third kappa shape index (κ3) is 4.50. The Balaban J connectivity index is 1.66. The van der Waals surface area contributed by atoms with Gasteiger partial charge in [-0.2, -0.15) is 0 Å². The van der Waals surface area contributed by atoms with Crippen molar-refractivity contribution in [1.82, 2.24) is 0 Å². The van der Waals surface area contributed by atoms with Gasteiger partial charge in [-0.1, -0.05) is 41.0 Å². The molecule has 5 rings (SSSR count). The van der Waals surface area contributed by atoms with Crippen LogP contribution in [0.1, 0.15) is 120 Å². The average molecular weight is 573 g/mol. The van der Waals surface area contributed by atoms with Crippen molar-refractivity contribution in [3.05, 3.63) is 11.1 Å². The molecule has 10 unspecified atom stereocenters. The van der Waals surface area contributed by atoms with Crippen LogP contribution in [-0.4, -0.2) is 47.4 Å². The van der Waals surface area contributed by atoms with Crippen LogP contribution in [0, 0.1) is 39.4 Å². The number of hydrogen-bond donors (Lipinski definition) is 1. The number of cyclic esters (lactones) is 1. The molecule has 0 bridgehead atoms. The highest BCUT2D eigenvalue weighted by Gasteiger charge is 2.72. The van der Waals surface area contributed by atoms with Gasteiger partial charge in [-0.05, 0) is 99.4 Å². The first kappa shape index (κ1) is 30.6. The van der Waals surface area contributed by atoms with Crippen LogP contribution in [-0.2, 0) is 28.6 Å². The SMILES string of the molecule is CCC(O)CC(=O)OC1CC2C(C)(CCC3C(C)(C)CCCC32C(C)OC(C)=O)C2CCC3=C(C(C)OC3=O)C12C. The van der Waals surface area contributed by atoms with Crippen molar-refractivity contribution in [2.45, 2.75) is 144 Å². The van der Waals surface area contributed by atoms with Gasteiger partial charge in [-0.15, -0.1) is 0 Å². The number of fused-ring (bicyclic) bond motifs is 6. The van der Waals surface area contributed by atoms with Gasteiger partial charge < -0.3 is 19.3 Å². The lowest BCUT2D eigenvalue weighted by Crippen LogP contribution is -2.69. The fraction of sp³-hybridized carbons (Fsp3) is 0.853. The number of aliphatic hydroxyl groups is 1. The van der Waals surface area contributed by atoms with Crippen LogP contribution in [0.5, 0.6) is 0 Å². The van der Waals surface area contributed by atoms with E-state index in [-0.39, 0.29) is 58.6 Å². The smallest absolute Gasteiger partial charge is 0.334 e. The summed E-state index contributed by atoms with van der Waals surface area (Å²) in [6.07, 6.45) is 6.11. The fourth-order valence-corrected chi connectivity index (χ4v) is 11.3. The van der Waals surface area contributed by atoms with Gasteiger partial charge in [0.2, 0.25) is 0 Å². The minimum atomic E-state index is -0.745. The summed E-state index contributed by atoms with van der Waals surface area (Å²) in [5, 5.41) is 10.3. The minimum Gasteiger partial charge on any atom is -0.462 e. The Morgan fingerprint density at radius 1 is 1.07 bits per heavy atom. The van der Waals surface area contributed by atoms with E-state index in [4.69, 9.17) is 14.2 Å². The van der Waals surface area contributed by atoms with Gasteiger partial charge in [0.1, 0.15) is 18.3 Å². The first-order chi connectivity index (χ1) is 19.1. The van der Waals surface area contributed by atoms with Gasteiger partial charge >= 0.3 is 17.9 Å². The number of carbonyl (C=O) groups excluding carboxylic acids is 3. The molecule has 5 aliphatic rings. The maximum Gasteiger partial charge on any atom is 0.334 e. The molecule has 1 aliphatic heterocycles. The highest BCUT2D eigenvalue weighted by Crippen LogP contribution is 2.75. The molecule has 0 radical (unpaired) electrons. The minimum absolute atomic E-state index is 0.0444. The molecule has 41 heavy (non-hydrogen) atoms. The van der Waals surface area contributed by atoms with E-state index in [0.29, 0.717) is 25.2 Å². The summed E-state index contributed by atoms with van der Waals surface area (Å²) in [5.74, 6) is -0.148. The molecule has 0 saturated heterocycles. The van der Waals surface area contributed by atoms with E-state index < -0.39 is 23.6 Å². The quantitative estimate of drug-likeness (QED) is 0.294. The summed E-state index contributed by atoms with van der Waals surface area (Å²) in [7, 11) is 0. The zero-order chi connectivity index (χ0) is 30.1. The van der Waals surface area contributed by atoms with E-state index in [1.54, 1.807) is 0 Å². The van der Waals surface area contributed by atoms with Crippen LogP contribution in [0.2, 0.25) is 0 Å². The molecule has 3 fully saturated rings. The first-order valence-corrected chi connectivity index (χ1v) is 16.1. The van der Waals surface area contributed by atoms with Crippen molar-refractivity contribution in [2.24, 2.45) is 39.4 Å². The second kappa shape index (κ2) is 10.4. The average Bonchev–Trinajstić information content (AvgIpc) is 3.17. The van der Waals surface area contributed by atoms with Gasteiger partial charge in [0.05, 0.1) is 12.5 Å². The number of ether oxygens (including phenoxy) is 3. The third-order valence-electron chi connectivity index (χ3n) is 12.9. The molecule has 1 heterocycles. The van der Waals surface area contributed by atoms with Gasteiger partial charge in [0.15, 0.2) is 0 Å². The Hall–Kier alpha value is -1.89. The lowest BCUT2D eigenvalue weighted by molar-refractivity contribution is -0.256. The normalized spacial score (nSPS) is 42.6. The Kier molecular flexibility index (Phi) is 7.74. The third-order valence-corrected chi connectivity index (χ3v) is 12.9. The zero-order valence-electron chi connectivity index (χ0n) is 26.5. The predicted molar refractivity (Wildman–Crippen MR) is 154 cm³/mol. The molecule has 7 heteroatoms. The lowest BCUT2D eigenvalue weighted by atomic mass is 9.34. The van der Waals surface area contributed by atoms with Gasteiger partial charge in [-0.25, -0.2) is 4.79 Å². The molecule has 0 amide bonds. The van der Waals surface area contributed by atoms with E-state index in [0.717, 1.165) is 49.7 Å². The summed E-state index contributed by atoms with van der Waals surface area (Å²) < 4.78 is 18.4. The van der Waals surface area contributed by atoms with Crippen molar-refractivity contribution in [2.75, 3.05) is 0 Å². The summed E-state index contributed by atoms with van der Waals surface area (Å²) in [6.45, 7) is 16.8. The van der Waals surface area contributed by atoms with Crippen LogP contribution in [0.15, 0.2) is 11.1 Å². The Morgan fingerprint density at radius 2 is 1.78 bits per heavy atom. The second-order valence-corrected chi connectivity index (χ2v) is 15.1. The number of carbonyl (C=O) groups is 3. The van der Waals surface area contributed by atoms with Gasteiger partial charge in [0.25, 0.3) is 0 Å². The van der Waals surface area contributed by atoms with Crippen molar-refractivity contribution in [3.8, 4) is 0 Å². The molecular weight excluding hydrogens is 520 g/mol. The monoisotopic (exact) mass is 572 g/mol. The molecule has 230 valence electrons. The number of esters is 3. The molecular formula is C34H52O7. The summed E-state index contributed by atoms with van der Waals surface area (Å²) in [4.78, 5) is 38.7. The van der Waals surface area contributed by atoms with Crippen LogP contribution >= 0.6 is 0 Å². The van der Waals surface area contributed by atoms with Gasteiger partial charge in [-0.3, -0.25) is 9.59 Å². The van der Waals surface area contributed by atoms with Crippen molar-refractivity contribution in [3.63, 3.8) is 0 Å². The molecule has 0 aromatic heterocycles. The lowest BCUT2D eigenvalue weighted by Gasteiger charge is -2.71. The van der Waals surface area contributed by atoms with E-state index in [9.17, 15) is 19.5 Å². The summed E-state index contributed by atoms with van der Waals surface area (Å²) in [6, 6.07) is 0. The molecule has 1 N–H and O–H groups in total. The zero-order valence-corrected chi connectivity index (χ0v) is 26.5. The molecule has 4 aliphatic carbocycles. The first-order valence-electron chi connectivity index (χ1n) is 16.1. The highest BCUT2D eigenvalue weighted by atomic mass is 16.6. The molecule has 0 spiro atoms. The fourth-order valence-electron chi connectivity index (χ4n) is 11.3. The Bertz CT molecular complexity index is 1120. The summed E-state index contributed by atoms with van der Waals surface area (Å²) in [5.41, 5.74) is 0.999. The van der Waals surface area contributed by atoms with E-state index in [1.807, 2.05) is 13.8 Å². The van der Waals surface area contributed by atoms with Gasteiger partial charge in [0, 0.05) is 23.3 Å². The van der Waals surface area contributed by atoms with E-state index >= 15 is 0 Å². The topological polar surface area (TPSA) is 99.1 Å². The number of aliphatic hydroxyl groups excluding tert-OH is 1. The molecule has 7 nitrogen and oxygen atoms in total. The Labute approximate surface area is 246 Å². The van der Waals surface area contributed by atoms with Crippen LogP contribution < -0.4 is 0 Å². The van der Waals surface area contributed by atoms with Crippen LogP contribution in [0.3, 0.4) is 0 Å². The van der Waals surface area contributed by atoms with Crippen LogP contribution in [0.4, 0.5) is 0 Å². The maximum absolute atomic E-state index is 13.4. The maximum atomic E-state index is 13.4. The van der Waals surface area contributed by atoms with Crippen molar-refractivity contribution in [1.29, 1.82) is 0 Å². The summed E-state index contributed by atoms with van der Waals surface area (Å²) >= 11 is 0. The predicted octanol–water partition coefficient (Wildman–Crippen LogP) is 6.30. The second-order valence-electron chi connectivity index (χ2n) is 15.1. The highest BCUT2D eigenvalue weighted by molar-refractivity contribution is 5.93. The van der Waals surface area contributed by atoms with Crippen molar-refractivity contribution >= 4 is 17.9 Å². The van der Waals surface area contributed by atoms with E-state index in [2.05, 4.69) is 34.6 Å². The molecule has 3 saturated carbocycles. The Morgan fingerprint density at radius 3 is 2.44 bits per heavy atom. The number of hydrogen-bond acceptors (Lipinski definition) is 7. The molecule has 10 atom stereocenters. The molecule has 0 aromatic rings. The molecule has 0 aromatic carbocycles. The number of rotatable bonds is 6. The van der Waals surface area contributed by atoms with Crippen LogP contribution in [0.25, 0.3) is 0 Å². The van der Waals surface area contributed by atoms with Crippen molar-refractivity contribution < 1.29 is 33.7 Å². The van der Waals surface area contributed by atoms with E-state index in [1.165, 1.54) is 6.92 Å². The standard InChI is InChI=1S/C34H52O7/c1-9-22(36)17-28(37)41-27-18-26-32(7,25-12-11-23-29(33(25,27)8)19(2)39-30(23)38)16-13-24-31(5,6)14-10-15-34(24,26)20(3)40-21(4)35/h19-20,22,24-27,36H,9-18H2,1-8H3. The largest absolute Gasteiger partial charge is 0.462 e.